The average Bonchev–Trinajstić information content (AvgIpc) is 2.69. The summed E-state index contributed by atoms with van der Waals surface area (Å²) in [6, 6.07) is 1.82. The molecule has 0 radical (unpaired) electrons. The van der Waals surface area contributed by atoms with Crippen LogP contribution in [0.2, 0.25) is 0 Å². The highest BCUT2D eigenvalue weighted by atomic mass is 16.5. The first-order valence-electron chi connectivity index (χ1n) is 4.64. The molecule has 15 heavy (non-hydrogen) atoms. The van der Waals surface area contributed by atoms with Crippen molar-refractivity contribution < 1.29 is 9.15 Å². The molecule has 0 atom stereocenters. The molecule has 0 aliphatic heterocycles. The highest BCUT2D eigenvalue weighted by Gasteiger charge is 2.06. The lowest BCUT2D eigenvalue weighted by atomic mass is 10.3. The number of pyridine rings is 1. The Morgan fingerprint density at radius 3 is 2.87 bits per heavy atom. The van der Waals surface area contributed by atoms with E-state index in [1.165, 1.54) is 6.39 Å². The molecule has 5 nitrogen and oxygen atoms in total. The fourth-order valence-corrected chi connectivity index (χ4v) is 1.17. The Bertz CT molecular complexity index is 426. The number of hydrogen-bond donors (Lipinski definition) is 0. The van der Waals surface area contributed by atoms with Gasteiger partial charge in [0.25, 0.3) is 0 Å². The Morgan fingerprint density at radius 2 is 2.20 bits per heavy atom. The Balaban J connectivity index is 2.27. The van der Waals surface area contributed by atoms with Gasteiger partial charge < -0.3 is 9.15 Å². The molecular formula is C10H11N3O2. The van der Waals surface area contributed by atoms with Gasteiger partial charge in [-0.05, 0) is 19.9 Å². The van der Waals surface area contributed by atoms with Crippen molar-refractivity contribution in [3.63, 3.8) is 0 Å². The van der Waals surface area contributed by atoms with E-state index in [9.17, 15) is 0 Å². The molecule has 0 unspecified atom stereocenters. The second-order valence-corrected chi connectivity index (χ2v) is 3.32. The molecule has 0 aliphatic carbocycles. The summed E-state index contributed by atoms with van der Waals surface area (Å²) >= 11 is 0. The highest BCUT2D eigenvalue weighted by molar-refractivity contribution is 5.52. The van der Waals surface area contributed by atoms with Gasteiger partial charge in [-0.2, -0.15) is 0 Å². The normalized spacial score (nSPS) is 10.6. The molecule has 2 rings (SSSR count). The molecule has 0 amide bonds. The zero-order chi connectivity index (χ0) is 10.7. The lowest BCUT2D eigenvalue weighted by Gasteiger charge is -2.08. The van der Waals surface area contributed by atoms with Crippen LogP contribution >= 0.6 is 0 Å². The molecule has 5 heteroatoms. The third-order valence-electron chi connectivity index (χ3n) is 1.69. The molecule has 0 bridgehead atoms. The Hall–Kier alpha value is -1.91. The number of rotatable bonds is 3. The monoisotopic (exact) mass is 205 g/mol. The smallest absolute Gasteiger partial charge is 0.249 e. The van der Waals surface area contributed by atoms with Crippen LogP contribution in [-0.4, -0.2) is 21.3 Å². The van der Waals surface area contributed by atoms with Crippen molar-refractivity contribution in [1.29, 1.82) is 0 Å². The van der Waals surface area contributed by atoms with Gasteiger partial charge in [0.15, 0.2) is 0 Å². The first kappa shape index (κ1) is 9.64. The molecule has 2 heterocycles. The van der Waals surface area contributed by atoms with Gasteiger partial charge in [0.2, 0.25) is 12.3 Å². The predicted molar refractivity (Wildman–Crippen MR) is 53.3 cm³/mol. The van der Waals surface area contributed by atoms with E-state index >= 15 is 0 Å². The van der Waals surface area contributed by atoms with Crippen LogP contribution in [-0.2, 0) is 0 Å². The van der Waals surface area contributed by atoms with Crippen LogP contribution in [0.1, 0.15) is 13.8 Å². The van der Waals surface area contributed by atoms with Crippen molar-refractivity contribution in [2.75, 3.05) is 0 Å². The minimum Gasteiger partial charge on any atom is -0.489 e. The van der Waals surface area contributed by atoms with E-state index in [1.807, 2.05) is 19.9 Å². The number of hydrogen-bond acceptors (Lipinski definition) is 5. The van der Waals surface area contributed by atoms with Crippen LogP contribution in [0.3, 0.4) is 0 Å². The molecule has 2 aromatic rings. The Morgan fingerprint density at radius 1 is 1.33 bits per heavy atom. The zero-order valence-electron chi connectivity index (χ0n) is 8.54. The van der Waals surface area contributed by atoms with E-state index in [0.29, 0.717) is 11.6 Å². The Labute approximate surface area is 87.1 Å². The summed E-state index contributed by atoms with van der Waals surface area (Å²) in [5.41, 5.74) is 0.755. The van der Waals surface area contributed by atoms with Gasteiger partial charge in [-0.15, -0.1) is 10.2 Å². The van der Waals surface area contributed by atoms with Gasteiger partial charge >= 0.3 is 0 Å². The second-order valence-electron chi connectivity index (χ2n) is 3.32. The summed E-state index contributed by atoms with van der Waals surface area (Å²) in [6.07, 6.45) is 4.70. The van der Waals surface area contributed by atoms with Crippen molar-refractivity contribution in [1.82, 2.24) is 15.2 Å². The summed E-state index contributed by atoms with van der Waals surface area (Å²) in [5, 5.41) is 7.40. The molecule has 2 aromatic heterocycles. The van der Waals surface area contributed by atoms with Crippen LogP contribution in [0, 0.1) is 0 Å². The van der Waals surface area contributed by atoms with E-state index in [-0.39, 0.29) is 6.10 Å². The second kappa shape index (κ2) is 4.08. The van der Waals surface area contributed by atoms with Gasteiger partial charge in [0, 0.05) is 6.20 Å². The SMILES string of the molecule is CC(C)Oc1cncc(-c2nnco2)c1. The number of aromatic nitrogens is 3. The average molecular weight is 205 g/mol. The van der Waals surface area contributed by atoms with Gasteiger partial charge in [0.05, 0.1) is 17.9 Å². The molecule has 0 aliphatic rings. The van der Waals surface area contributed by atoms with Gasteiger partial charge in [-0.25, -0.2) is 0 Å². The summed E-state index contributed by atoms with van der Waals surface area (Å²) in [7, 11) is 0. The molecule has 0 aromatic carbocycles. The maximum absolute atomic E-state index is 5.50. The third kappa shape index (κ3) is 2.31. The molecule has 0 spiro atoms. The van der Waals surface area contributed by atoms with Crippen molar-refractivity contribution in [3.05, 3.63) is 24.9 Å². The Kier molecular flexibility index (Phi) is 2.62. The number of ether oxygens (including phenoxy) is 1. The molecule has 78 valence electrons. The topological polar surface area (TPSA) is 61.0 Å². The first-order chi connectivity index (χ1) is 7.25. The molecular weight excluding hydrogens is 194 g/mol. The standard InChI is InChI=1S/C10H11N3O2/c1-7(2)15-9-3-8(4-11-5-9)10-13-12-6-14-10/h3-7H,1-2H3. The maximum Gasteiger partial charge on any atom is 0.249 e. The van der Waals surface area contributed by atoms with E-state index in [2.05, 4.69) is 15.2 Å². The van der Waals surface area contributed by atoms with Crippen LogP contribution < -0.4 is 4.74 Å². The largest absolute Gasteiger partial charge is 0.489 e. The maximum atomic E-state index is 5.50. The van der Waals surface area contributed by atoms with Crippen molar-refractivity contribution >= 4 is 0 Å². The minimum absolute atomic E-state index is 0.115. The zero-order valence-corrected chi connectivity index (χ0v) is 8.54. The molecule has 0 N–H and O–H groups in total. The van der Waals surface area contributed by atoms with E-state index in [1.54, 1.807) is 12.4 Å². The van der Waals surface area contributed by atoms with E-state index in [4.69, 9.17) is 9.15 Å². The van der Waals surface area contributed by atoms with Gasteiger partial charge in [-0.3, -0.25) is 4.98 Å². The molecule has 0 saturated carbocycles. The highest BCUT2D eigenvalue weighted by Crippen LogP contribution is 2.20. The lowest BCUT2D eigenvalue weighted by Crippen LogP contribution is -2.05. The fourth-order valence-electron chi connectivity index (χ4n) is 1.17. The summed E-state index contributed by atoms with van der Waals surface area (Å²) in [4.78, 5) is 4.04. The van der Waals surface area contributed by atoms with E-state index < -0.39 is 0 Å². The summed E-state index contributed by atoms with van der Waals surface area (Å²) in [6.45, 7) is 3.92. The minimum atomic E-state index is 0.115. The van der Waals surface area contributed by atoms with Gasteiger partial charge in [0.1, 0.15) is 5.75 Å². The van der Waals surface area contributed by atoms with Crippen molar-refractivity contribution in [3.8, 4) is 17.2 Å². The first-order valence-corrected chi connectivity index (χ1v) is 4.64. The third-order valence-corrected chi connectivity index (χ3v) is 1.69. The van der Waals surface area contributed by atoms with Crippen molar-refractivity contribution in [2.45, 2.75) is 20.0 Å². The number of nitrogens with zero attached hydrogens (tertiary/aromatic N) is 3. The predicted octanol–water partition coefficient (Wildman–Crippen LogP) is 1.92. The van der Waals surface area contributed by atoms with Crippen LogP contribution in [0.25, 0.3) is 11.5 Å². The van der Waals surface area contributed by atoms with Gasteiger partial charge in [-0.1, -0.05) is 0 Å². The molecule has 0 fully saturated rings. The lowest BCUT2D eigenvalue weighted by molar-refractivity contribution is 0.241. The van der Waals surface area contributed by atoms with Crippen LogP contribution in [0.5, 0.6) is 5.75 Å². The fraction of sp³-hybridized carbons (Fsp3) is 0.300. The summed E-state index contributed by atoms with van der Waals surface area (Å²) in [5.74, 6) is 1.14. The molecule has 0 saturated heterocycles. The van der Waals surface area contributed by atoms with Crippen molar-refractivity contribution in [2.24, 2.45) is 0 Å². The van der Waals surface area contributed by atoms with E-state index in [0.717, 1.165) is 5.56 Å². The van der Waals surface area contributed by atoms with Crippen LogP contribution in [0.4, 0.5) is 0 Å². The quantitative estimate of drug-likeness (QED) is 0.766. The summed E-state index contributed by atoms with van der Waals surface area (Å²) < 4.78 is 10.6. The van der Waals surface area contributed by atoms with Crippen LogP contribution in [0.15, 0.2) is 29.3 Å².